The van der Waals surface area contributed by atoms with E-state index in [2.05, 4.69) is 15.0 Å². The number of esters is 1. The third-order valence-electron chi connectivity index (χ3n) is 6.65. The topological polar surface area (TPSA) is 59.7 Å². The lowest BCUT2D eigenvalue weighted by Gasteiger charge is -2.44. The molecule has 9 heteroatoms. The first-order valence-electron chi connectivity index (χ1n) is 11.3. The van der Waals surface area contributed by atoms with E-state index in [1.165, 1.54) is 18.9 Å². The molecule has 6 nitrogen and oxygen atoms in total. The van der Waals surface area contributed by atoms with Crippen LogP contribution in [0, 0.1) is 5.92 Å². The number of hydrogen-bond donors (Lipinski definition) is 0. The van der Waals surface area contributed by atoms with Gasteiger partial charge in [-0.15, -0.1) is 0 Å². The van der Waals surface area contributed by atoms with Gasteiger partial charge in [-0.1, -0.05) is 36.8 Å². The van der Waals surface area contributed by atoms with E-state index in [0.29, 0.717) is 16.1 Å². The second kappa shape index (κ2) is 8.78. The quantitative estimate of drug-likeness (QED) is 0.524. The van der Waals surface area contributed by atoms with Crippen LogP contribution in [0.25, 0.3) is 16.9 Å². The number of nitrogens with zero attached hydrogens (tertiary/aromatic N) is 4. The largest absolute Gasteiger partial charge is 0.461 e. The Bertz CT molecular complexity index is 1140. The maximum absolute atomic E-state index is 13.8. The molecule has 0 radical (unpaired) electrons. The summed E-state index contributed by atoms with van der Waals surface area (Å²) in [6, 6.07) is 11.2. The molecule has 0 N–H and O–H groups in total. The first-order chi connectivity index (χ1) is 15.9. The number of halogens is 3. The number of piperidine rings is 2. The van der Waals surface area contributed by atoms with Gasteiger partial charge in [0, 0.05) is 23.6 Å². The van der Waals surface area contributed by atoms with Gasteiger partial charge in [0.2, 0.25) is 0 Å². The number of aromatic nitrogens is 3. The van der Waals surface area contributed by atoms with E-state index in [1.54, 1.807) is 30.3 Å². The Morgan fingerprint density at radius 2 is 1.85 bits per heavy atom. The third kappa shape index (κ3) is 4.46. The zero-order chi connectivity index (χ0) is 23.0. The molecule has 0 amide bonds. The van der Waals surface area contributed by atoms with Crippen LogP contribution >= 0.6 is 0 Å². The van der Waals surface area contributed by atoms with Gasteiger partial charge in [-0.2, -0.15) is 18.3 Å². The molecule has 5 rings (SSSR count). The zero-order valence-electron chi connectivity index (χ0n) is 18.1. The number of fused-ring (bicyclic) bond motifs is 2. The summed E-state index contributed by atoms with van der Waals surface area (Å²) in [5.41, 5.74) is -0.503. The molecule has 174 valence electrons. The lowest BCUT2D eigenvalue weighted by atomic mass is 9.84. The average molecular weight is 458 g/mol. The van der Waals surface area contributed by atoms with Crippen LogP contribution in [-0.4, -0.2) is 51.2 Å². The number of carbonyl (C=O) groups excluding carboxylic acids is 1. The molecule has 33 heavy (non-hydrogen) atoms. The van der Waals surface area contributed by atoms with E-state index >= 15 is 0 Å². The Balaban J connectivity index is 1.39. The number of alkyl halides is 3. The highest BCUT2D eigenvalue weighted by Gasteiger charge is 2.36. The lowest BCUT2D eigenvalue weighted by molar-refractivity contribution is -0.142. The van der Waals surface area contributed by atoms with E-state index in [4.69, 9.17) is 4.74 Å². The Kier molecular flexibility index (Phi) is 5.82. The summed E-state index contributed by atoms with van der Waals surface area (Å²) in [7, 11) is 0. The highest BCUT2D eigenvalue weighted by Crippen LogP contribution is 2.33. The van der Waals surface area contributed by atoms with E-state index in [1.807, 2.05) is 0 Å². The second-order valence-corrected chi connectivity index (χ2v) is 8.79. The van der Waals surface area contributed by atoms with E-state index < -0.39 is 17.8 Å². The van der Waals surface area contributed by atoms with E-state index in [9.17, 15) is 18.0 Å². The minimum Gasteiger partial charge on any atom is -0.461 e. The van der Waals surface area contributed by atoms with Crippen molar-refractivity contribution in [1.29, 1.82) is 0 Å². The smallest absolute Gasteiger partial charge is 0.433 e. The number of hydrogen-bond acceptors (Lipinski definition) is 5. The van der Waals surface area contributed by atoms with Crippen molar-refractivity contribution in [2.24, 2.45) is 5.92 Å². The summed E-state index contributed by atoms with van der Waals surface area (Å²) in [6.07, 6.45) is 0.855. The molecule has 0 bridgehead atoms. The number of benzene rings is 1. The van der Waals surface area contributed by atoms with Crippen molar-refractivity contribution in [3.63, 3.8) is 0 Å². The van der Waals surface area contributed by atoms with Gasteiger partial charge in [-0.05, 0) is 44.8 Å². The molecule has 2 aliphatic rings. The summed E-state index contributed by atoms with van der Waals surface area (Å²) >= 11 is 0. The predicted octanol–water partition coefficient (Wildman–Crippen LogP) is 4.84. The fraction of sp³-hybridized carbons (Fsp3) is 0.458. The minimum atomic E-state index is -4.66. The lowest BCUT2D eigenvalue weighted by Crippen LogP contribution is -2.49. The molecule has 2 aromatic heterocycles. The highest BCUT2D eigenvalue weighted by molar-refractivity contribution is 5.88. The van der Waals surface area contributed by atoms with Gasteiger partial charge in [0.1, 0.15) is 0 Å². The van der Waals surface area contributed by atoms with Gasteiger partial charge in [0.25, 0.3) is 0 Å². The number of carbonyl (C=O) groups is 1. The van der Waals surface area contributed by atoms with Crippen molar-refractivity contribution in [1.82, 2.24) is 19.5 Å². The molecule has 0 spiro atoms. The van der Waals surface area contributed by atoms with Gasteiger partial charge < -0.3 is 4.74 Å². The Morgan fingerprint density at radius 1 is 1.06 bits per heavy atom. The van der Waals surface area contributed by atoms with Crippen molar-refractivity contribution in [3.05, 3.63) is 53.9 Å². The summed E-state index contributed by atoms with van der Waals surface area (Å²) in [6.45, 7) is 2.41. The van der Waals surface area contributed by atoms with Gasteiger partial charge in [0.05, 0.1) is 12.3 Å². The summed E-state index contributed by atoms with van der Waals surface area (Å²) in [5, 5.41) is 3.91. The predicted molar refractivity (Wildman–Crippen MR) is 116 cm³/mol. The maximum Gasteiger partial charge on any atom is 0.433 e. The van der Waals surface area contributed by atoms with Crippen molar-refractivity contribution in [2.45, 2.75) is 44.3 Å². The monoisotopic (exact) mass is 458 g/mol. The molecule has 3 aromatic rings. The fourth-order valence-electron chi connectivity index (χ4n) is 5.06. The van der Waals surface area contributed by atoms with Crippen LogP contribution in [0.15, 0.2) is 42.5 Å². The third-order valence-corrected chi connectivity index (χ3v) is 6.65. The number of ether oxygens (including phenoxy) is 1. The maximum atomic E-state index is 13.8. The fourth-order valence-corrected chi connectivity index (χ4v) is 5.06. The van der Waals surface area contributed by atoms with E-state index in [0.717, 1.165) is 38.4 Å². The van der Waals surface area contributed by atoms with Gasteiger partial charge in [0.15, 0.2) is 17.0 Å². The van der Waals surface area contributed by atoms with Crippen LogP contribution in [0.5, 0.6) is 0 Å². The molecular weight excluding hydrogens is 433 g/mol. The van der Waals surface area contributed by atoms with Crippen molar-refractivity contribution in [2.75, 3.05) is 19.7 Å². The summed E-state index contributed by atoms with van der Waals surface area (Å²) < 4.78 is 47.5. The van der Waals surface area contributed by atoms with Gasteiger partial charge in [-0.3, -0.25) is 4.90 Å². The highest BCUT2D eigenvalue weighted by atomic mass is 19.4. The SMILES string of the molecule is O=C(OC[C@@H]1CCCN2CCCC[C@H]12)c1cc2nc(-c3ccccc3)cc(C(F)(F)F)n2n1. The molecule has 2 atom stereocenters. The molecule has 0 aliphatic carbocycles. The molecular formula is C24H25F3N4O2. The van der Waals surface area contributed by atoms with Crippen LogP contribution < -0.4 is 0 Å². The van der Waals surface area contributed by atoms with Gasteiger partial charge >= 0.3 is 12.1 Å². The number of rotatable bonds is 4. The first-order valence-corrected chi connectivity index (χ1v) is 11.3. The average Bonchev–Trinajstić information content (AvgIpc) is 3.26. The molecule has 0 unspecified atom stereocenters. The van der Waals surface area contributed by atoms with Crippen LogP contribution in [0.1, 0.15) is 48.3 Å². The van der Waals surface area contributed by atoms with Crippen LogP contribution in [-0.2, 0) is 10.9 Å². The van der Waals surface area contributed by atoms with Crippen molar-refractivity contribution >= 4 is 11.6 Å². The van der Waals surface area contributed by atoms with Crippen LogP contribution in [0.2, 0.25) is 0 Å². The normalized spacial score (nSPS) is 21.7. The van der Waals surface area contributed by atoms with Crippen LogP contribution in [0.3, 0.4) is 0 Å². The van der Waals surface area contributed by atoms with Gasteiger partial charge in [-0.25, -0.2) is 14.3 Å². The van der Waals surface area contributed by atoms with Crippen molar-refractivity contribution < 1.29 is 22.7 Å². The van der Waals surface area contributed by atoms with Crippen LogP contribution in [0.4, 0.5) is 13.2 Å². The molecule has 1 aromatic carbocycles. The Labute approximate surface area is 189 Å². The zero-order valence-corrected chi connectivity index (χ0v) is 18.1. The second-order valence-electron chi connectivity index (χ2n) is 8.79. The summed E-state index contributed by atoms with van der Waals surface area (Å²) in [5.74, 6) is -0.476. The Hall–Kier alpha value is -2.94. The first kappa shape index (κ1) is 21.9. The molecule has 2 saturated heterocycles. The molecule has 2 fully saturated rings. The minimum absolute atomic E-state index is 0.0493. The molecule has 2 aliphatic heterocycles. The standard InChI is InChI=1S/C24H25F3N4O2/c25-24(26,27)21-13-18(16-7-2-1-3-8-16)28-22-14-19(29-31(21)22)23(32)33-15-17-9-6-12-30-11-5-4-10-20(17)30/h1-3,7-8,13-14,17,20H,4-6,9-12,15H2/t17-,20+/m0/s1. The molecule has 0 saturated carbocycles. The molecule has 4 heterocycles. The van der Waals surface area contributed by atoms with Crippen molar-refractivity contribution in [3.8, 4) is 11.3 Å². The van der Waals surface area contributed by atoms with E-state index in [-0.39, 0.29) is 29.6 Å². The Morgan fingerprint density at radius 3 is 2.64 bits per heavy atom. The summed E-state index contributed by atoms with van der Waals surface area (Å²) in [4.78, 5) is 19.5.